The molecule has 1 aliphatic heterocycles. The van der Waals surface area contributed by atoms with E-state index in [1.54, 1.807) is 0 Å². The summed E-state index contributed by atoms with van der Waals surface area (Å²) in [5.41, 5.74) is 6.19. The molecule has 2 N–H and O–H groups in total. The third kappa shape index (κ3) is 5.23. The maximum Gasteiger partial charge on any atom is 0.00955 e. The third-order valence-corrected chi connectivity index (χ3v) is 6.19. The van der Waals surface area contributed by atoms with E-state index in [1.807, 2.05) is 0 Å². The van der Waals surface area contributed by atoms with Gasteiger partial charge in [-0.05, 0) is 31.1 Å². The Balaban J connectivity index is 1.71. The Morgan fingerprint density at radius 3 is 2.00 bits per heavy atom. The molecule has 3 unspecified atom stereocenters. The van der Waals surface area contributed by atoms with Crippen molar-refractivity contribution in [3.8, 4) is 0 Å². The van der Waals surface area contributed by atoms with Crippen molar-refractivity contribution in [3.05, 3.63) is 0 Å². The summed E-state index contributed by atoms with van der Waals surface area (Å²) in [6, 6.07) is 1.37. The Labute approximate surface area is 139 Å². The zero-order chi connectivity index (χ0) is 15.8. The van der Waals surface area contributed by atoms with E-state index in [9.17, 15) is 0 Å². The highest BCUT2D eigenvalue weighted by atomic mass is 15.2. The molecule has 0 aromatic heterocycles. The monoisotopic (exact) mass is 308 g/mol. The lowest BCUT2D eigenvalue weighted by Crippen LogP contribution is -2.46. The molecule has 2 nitrogen and oxygen atoms in total. The molecule has 1 saturated heterocycles. The first-order chi connectivity index (χ1) is 10.8. The molecule has 22 heavy (non-hydrogen) atoms. The predicted octanol–water partition coefficient (Wildman–Crippen LogP) is 4.96. The molecule has 2 aliphatic rings. The minimum absolute atomic E-state index is 0.514. The first kappa shape index (κ1) is 18.3. The minimum atomic E-state index is 0.514. The normalized spacial score (nSPS) is 29.3. The first-order valence-corrected chi connectivity index (χ1v) is 10.3. The van der Waals surface area contributed by atoms with Crippen molar-refractivity contribution in [1.29, 1.82) is 0 Å². The quantitative estimate of drug-likeness (QED) is 0.516. The molecule has 0 bridgehead atoms. The number of hydrogen-bond donors (Lipinski definition) is 1. The molecule has 0 amide bonds. The predicted molar refractivity (Wildman–Crippen MR) is 97.1 cm³/mol. The molecule has 1 saturated carbocycles. The van der Waals surface area contributed by atoms with Crippen LogP contribution >= 0.6 is 0 Å². The second-order valence-corrected chi connectivity index (χ2v) is 7.98. The fourth-order valence-corrected chi connectivity index (χ4v) is 4.59. The van der Waals surface area contributed by atoms with E-state index in [4.69, 9.17) is 5.73 Å². The highest BCUT2D eigenvalue weighted by Crippen LogP contribution is 2.41. The molecule has 0 spiro atoms. The summed E-state index contributed by atoms with van der Waals surface area (Å²) in [5, 5.41) is 0. The van der Waals surface area contributed by atoms with Crippen molar-refractivity contribution >= 4 is 0 Å². The Bertz CT molecular complexity index is 291. The second-order valence-electron chi connectivity index (χ2n) is 7.98. The molecule has 2 fully saturated rings. The third-order valence-electron chi connectivity index (χ3n) is 6.19. The number of nitrogens with zero attached hydrogens (tertiary/aromatic N) is 1. The van der Waals surface area contributed by atoms with Gasteiger partial charge < -0.3 is 5.73 Å². The van der Waals surface area contributed by atoms with E-state index in [-0.39, 0.29) is 0 Å². The Morgan fingerprint density at radius 2 is 1.45 bits per heavy atom. The average molecular weight is 309 g/mol. The van der Waals surface area contributed by atoms with Gasteiger partial charge in [0.1, 0.15) is 0 Å². The van der Waals surface area contributed by atoms with Crippen LogP contribution in [0.4, 0.5) is 0 Å². The minimum Gasteiger partial charge on any atom is -0.327 e. The van der Waals surface area contributed by atoms with Gasteiger partial charge in [-0.3, -0.25) is 4.90 Å². The van der Waals surface area contributed by atoms with Crippen molar-refractivity contribution in [2.45, 2.75) is 103 Å². The van der Waals surface area contributed by atoms with Crippen LogP contribution in [0.1, 0.15) is 90.9 Å². The highest BCUT2D eigenvalue weighted by Gasteiger charge is 2.46. The largest absolute Gasteiger partial charge is 0.327 e. The molecule has 2 rings (SSSR count). The van der Waals surface area contributed by atoms with Crippen LogP contribution in [0.3, 0.4) is 0 Å². The van der Waals surface area contributed by atoms with Crippen molar-refractivity contribution in [1.82, 2.24) is 4.90 Å². The van der Waals surface area contributed by atoms with Crippen molar-refractivity contribution in [2.75, 3.05) is 13.1 Å². The second kappa shape index (κ2) is 9.93. The molecule has 130 valence electrons. The van der Waals surface area contributed by atoms with Crippen LogP contribution in [0.15, 0.2) is 0 Å². The molecule has 0 radical (unpaired) electrons. The molecular formula is C20H40N2. The number of nitrogens with two attached hydrogens (primary N) is 1. The molecule has 0 aromatic rings. The fourth-order valence-electron chi connectivity index (χ4n) is 4.59. The average Bonchev–Trinajstić information content (AvgIpc) is 2.86. The number of fused-ring (bicyclic) bond motifs is 1. The van der Waals surface area contributed by atoms with E-state index in [0.717, 1.165) is 17.9 Å². The molecular weight excluding hydrogens is 268 g/mol. The summed E-state index contributed by atoms with van der Waals surface area (Å²) in [6.07, 6.45) is 16.9. The Kier molecular flexibility index (Phi) is 8.24. The van der Waals surface area contributed by atoms with Crippen molar-refractivity contribution in [2.24, 2.45) is 17.6 Å². The zero-order valence-corrected chi connectivity index (χ0v) is 15.2. The van der Waals surface area contributed by atoms with Gasteiger partial charge in [-0.1, -0.05) is 71.6 Å². The highest BCUT2D eigenvalue weighted by molar-refractivity contribution is 5.01. The van der Waals surface area contributed by atoms with E-state index in [0.29, 0.717) is 6.04 Å². The van der Waals surface area contributed by atoms with Crippen LogP contribution in [0, 0.1) is 11.8 Å². The number of rotatable bonds is 12. The summed E-state index contributed by atoms with van der Waals surface area (Å²) in [6.45, 7) is 7.27. The maximum absolute atomic E-state index is 6.19. The Morgan fingerprint density at radius 1 is 0.864 bits per heavy atom. The molecule has 1 aliphatic carbocycles. The van der Waals surface area contributed by atoms with Crippen molar-refractivity contribution in [3.63, 3.8) is 0 Å². The van der Waals surface area contributed by atoms with Gasteiger partial charge in [0.2, 0.25) is 0 Å². The number of hydrogen-bond acceptors (Lipinski definition) is 2. The zero-order valence-electron chi connectivity index (χ0n) is 15.2. The lowest BCUT2D eigenvalue weighted by atomic mass is 9.72. The van der Waals surface area contributed by atoms with Gasteiger partial charge in [0.15, 0.2) is 0 Å². The molecule has 4 atom stereocenters. The van der Waals surface area contributed by atoms with Gasteiger partial charge in [-0.25, -0.2) is 0 Å². The van der Waals surface area contributed by atoms with Gasteiger partial charge in [-0.15, -0.1) is 0 Å². The van der Waals surface area contributed by atoms with Crippen LogP contribution in [-0.4, -0.2) is 30.1 Å². The summed E-state index contributed by atoms with van der Waals surface area (Å²) >= 11 is 0. The maximum atomic E-state index is 6.19. The number of unbranched alkanes of at least 4 members (excludes halogenated alkanes) is 7. The smallest absolute Gasteiger partial charge is 0.00955 e. The topological polar surface area (TPSA) is 29.3 Å². The number of likely N-dealkylation sites (tertiary alicyclic amines) is 1. The molecule has 2 heteroatoms. The van der Waals surface area contributed by atoms with Crippen LogP contribution in [0.2, 0.25) is 0 Å². The summed E-state index contributed by atoms with van der Waals surface area (Å²) < 4.78 is 0. The van der Waals surface area contributed by atoms with E-state index < -0.39 is 0 Å². The fraction of sp³-hybridized carbons (Fsp3) is 1.00. The van der Waals surface area contributed by atoms with Crippen LogP contribution in [-0.2, 0) is 0 Å². The van der Waals surface area contributed by atoms with Crippen LogP contribution in [0.25, 0.3) is 0 Å². The van der Waals surface area contributed by atoms with E-state index in [1.165, 1.54) is 90.1 Å². The van der Waals surface area contributed by atoms with Gasteiger partial charge in [-0.2, -0.15) is 0 Å². The van der Waals surface area contributed by atoms with Gasteiger partial charge in [0.25, 0.3) is 0 Å². The summed E-state index contributed by atoms with van der Waals surface area (Å²) in [4.78, 5) is 2.83. The lowest BCUT2D eigenvalue weighted by molar-refractivity contribution is 0.193. The van der Waals surface area contributed by atoms with Crippen LogP contribution < -0.4 is 5.73 Å². The van der Waals surface area contributed by atoms with Gasteiger partial charge >= 0.3 is 0 Å². The first-order valence-electron chi connectivity index (χ1n) is 10.3. The standard InChI is InChI=1S/C20H40N2/c1-3-5-7-9-11-13-18(12-10-8-6-4-2)22-15-17-14-20(21)19(17)16-22/h17-20H,3-16,21H2,1-2H3/t17?,18?,19?,20-/m1/s1. The van der Waals surface area contributed by atoms with E-state index >= 15 is 0 Å². The van der Waals surface area contributed by atoms with Gasteiger partial charge in [0, 0.05) is 25.2 Å². The Hall–Kier alpha value is -0.0800. The summed E-state index contributed by atoms with van der Waals surface area (Å²) in [5.74, 6) is 1.77. The summed E-state index contributed by atoms with van der Waals surface area (Å²) in [7, 11) is 0. The van der Waals surface area contributed by atoms with Crippen molar-refractivity contribution < 1.29 is 0 Å². The van der Waals surface area contributed by atoms with Crippen LogP contribution in [0.5, 0.6) is 0 Å². The lowest BCUT2D eigenvalue weighted by Gasteiger charge is -2.36. The molecule has 0 aromatic carbocycles. The molecule has 1 heterocycles. The van der Waals surface area contributed by atoms with E-state index in [2.05, 4.69) is 18.7 Å². The SMILES string of the molecule is CCCCCCCC(CCCCCC)N1CC2C[C@@H](N)C2C1. The van der Waals surface area contributed by atoms with Gasteiger partial charge in [0.05, 0.1) is 0 Å².